The predicted molar refractivity (Wildman–Crippen MR) is 109 cm³/mol. The van der Waals surface area contributed by atoms with Gasteiger partial charge >= 0.3 is 0 Å². The molecule has 4 nitrogen and oxygen atoms in total. The Morgan fingerprint density at radius 1 is 1.07 bits per heavy atom. The van der Waals surface area contributed by atoms with E-state index in [4.69, 9.17) is 4.98 Å². The number of aryl methyl sites for hydroxylation is 1. The van der Waals surface area contributed by atoms with Gasteiger partial charge in [-0.05, 0) is 24.5 Å². The molecule has 5 rings (SSSR count). The molecule has 1 amide bonds. The van der Waals surface area contributed by atoms with Crippen molar-refractivity contribution in [2.75, 3.05) is 11.4 Å². The molecule has 0 saturated carbocycles. The zero-order chi connectivity index (χ0) is 18.2. The number of carbonyl (C=O) groups excluding carboxylic acids is 1. The minimum atomic E-state index is 0.197. The van der Waals surface area contributed by atoms with Crippen LogP contribution < -0.4 is 4.90 Å². The van der Waals surface area contributed by atoms with Crippen molar-refractivity contribution >= 4 is 27.9 Å². The molecular formula is C22H19N3OS. The first-order valence-electron chi connectivity index (χ1n) is 9.19. The highest BCUT2D eigenvalue weighted by atomic mass is 32.1. The average molecular weight is 373 g/mol. The van der Waals surface area contributed by atoms with E-state index < -0.39 is 0 Å². The Balaban J connectivity index is 1.34. The van der Waals surface area contributed by atoms with E-state index in [-0.39, 0.29) is 5.91 Å². The SMILES string of the molecule is O=C(CCc1csc2nc(-c3ccccc3)cn12)N1CCc2ccccc21. The van der Waals surface area contributed by atoms with E-state index in [1.807, 2.05) is 41.3 Å². The van der Waals surface area contributed by atoms with Gasteiger partial charge in [-0.2, -0.15) is 0 Å². The summed E-state index contributed by atoms with van der Waals surface area (Å²) >= 11 is 1.63. The van der Waals surface area contributed by atoms with E-state index in [2.05, 4.69) is 34.2 Å². The van der Waals surface area contributed by atoms with Gasteiger partial charge in [-0.25, -0.2) is 4.98 Å². The Bertz CT molecular complexity index is 1110. The summed E-state index contributed by atoms with van der Waals surface area (Å²) in [6, 6.07) is 18.4. The van der Waals surface area contributed by atoms with Crippen LogP contribution in [0, 0.1) is 0 Å². The number of hydrogen-bond acceptors (Lipinski definition) is 3. The van der Waals surface area contributed by atoms with Gasteiger partial charge in [0.2, 0.25) is 5.91 Å². The molecule has 3 heterocycles. The third kappa shape index (κ3) is 2.94. The van der Waals surface area contributed by atoms with Crippen LogP contribution in [0.15, 0.2) is 66.2 Å². The van der Waals surface area contributed by atoms with E-state index >= 15 is 0 Å². The largest absolute Gasteiger partial charge is 0.312 e. The molecule has 0 atom stereocenters. The number of anilines is 1. The number of benzene rings is 2. The molecule has 0 radical (unpaired) electrons. The summed E-state index contributed by atoms with van der Waals surface area (Å²) in [5.41, 5.74) is 5.58. The van der Waals surface area contributed by atoms with Crippen LogP contribution in [0.2, 0.25) is 0 Å². The van der Waals surface area contributed by atoms with E-state index in [1.54, 1.807) is 11.3 Å². The summed E-state index contributed by atoms with van der Waals surface area (Å²) < 4.78 is 2.12. The number of carbonyl (C=O) groups is 1. The highest BCUT2D eigenvalue weighted by molar-refractivity contribution is 7.15. The first kappa shape index (κ1) is 16.3. The Morgan fingerprint density at radius 3 is 2.78 bits per heavy atom. The fourth-order valence-corrected chi connectivity index (χ4v) is 4.63. The van der Waals surface area contributed by atoms with Gasteiger partial charge in [0.05, 0.1) is 5.69 Å². The standard InChI is InChI=1S/C22H19N3OS/c26-21(24-13-12-17-8-4-5-9-20(17)24)11-10-18-15-27-22-23-19(14-25(18)22)16-6-2-1-3-7-16/h1-9,14-15H,10-13H2. The molecule has 27 heavy (non-hydrogen) atoms. The van der Waals surface area contributed by atoms with Crippen LogP contribution in [0.1, 0.15) is 17.7 Å². The molecule has 1 aliphatic heterocycles. The zero-order valence-corrected chi connectivity index (χ0v) is 15.7. The van der Waals surface area contributed by atoms with Gasteiger partial charge in [-0.3, -0.25) is 9.20 Å². The first-order valence-corrected chi connectivity index (χ1v) is 10.1. The van der Waals surface area contributed by atoms with Gasteiger partial charge in [0.15, 0.2) is 4.96 Å². The number of amides is 1. The number of aromatic nitrogens is 2. The van der Waals surface area contributed by atoms with Crippen molar-refractivity contribution in [3.8, 4) is 11.3 Å². The Labute approximate surface area is 161 Å². The van der Waals surface area contributed by atoms with Gasteiger partial charge < -0.3 is 4.90 Å². The van der Waals surface area contributed by atoms with Crippen molar-refractivity contribution in [1.82, 2.24) is 9.38 Å². The van der Waals surface area contributed by atoms with Crippen molar-refractivity contribution in [2.24, 2.45) is 0 Å². The van der Waals surface area contributed by atoms with Crippen LogP contribution in [-0.4, -0.2) is 21.8 Å². The molecule has 0 spiro atoms. The van der Waals surface area contributed by atoms with Crippen LogP contribution in [0.3, 0.4) is 0 Å². The van der Waals surface area contributed by atoms with Crippen LogP contribution >= 0.6 is 11.3 Å². The number of thiazole rings is 1. The average Bonchev–Trinajstić information content (AvgIpc) is 3.41. The monoisotopic (exact) mass is 373 g/mol. The molecule has 2 aromatic carbocycles. The molecule has 4 aromatic rings. The van der Waals surface area contributed by atoms with Gasteiger partial charge in [0.1, 0.15) is 0 Å². The lowest BCUT2D eigenvalue weighted by Gasteiger charge is -2.17. The lowest BCUT2D eigenvalue weighted by Crippen LogP contribution is -2.29. The number of hydrogen-bond donors (Lipinski definition) is 0. The first-order chi connectivity index (χ1) is 13.3. The molecule has 0 N–H and O–H groups in total. The number of imidazole rings is 1. The zero-order valence-electron chi connectivity index (χ0n) is 14.8. The van der Waals surface area contributed by atoms with E-state index in [0.717, 1.165) is 47.0 Å². The number of nitrogens with zero attached hydrogens (tertiary/aromatic N) is 3. The normalized spacial score (nSPS) is 13.3. The topological polar surface area (TPSA) is 37.6 Å². The van der Waals surface area contributed by atoms with E-state index in [0.29, 0.717) is 6.42 Å². The van der Waals surface area contributed by atoms with Crippen molar-refractivity contribution in [1.29, 1.82) is 0 Å². The Morgan fingerprint density at radius 2 is 1.89 bits per heavy atom. The highest BCUT2D eigenvalue weighted by Gasteiger charge is 2.24. The van der Waals surface area contributed by atoms with Crippen molar-refractivity contribution < 1.29 is 4.79 Å². The molecule has 0 aliphatic carbocycles. The van der Waals surface area contributed by atoms with Crippen LogP contribution in [-0.2, 0) is 17.6 Å². The number of fused-ring (bicyclic) bond motifs is 2. The molecule has 134 valence electrons. The van der Waals surface area contributed by atoms with Crippen LogP contribution in [0.5, 0.6) is 0 Å². The third-order valence-electron chi connectivity index (χ3n) is 5.14. The fourth-order valence-electron chi connectivity index (χ4n) is 3.72. The predicted octanol–water partition coefficient (Wildman–Crippen LogP) is 4.58. The van der Waals surface area contributed by atoms with Gasteiger partial charge in [0, 0.05) is 41.5 Å². The maximum absolute atomic E-state index is 12.8. The molecule has 0 fully saturated rings. The minimum Gasteiger partial charge on any atom is -0.312 e. The quantitative estimate of drug-likeness (QED) is 0.525. The molecule has 2 aromatic heterocycles. The molecule has 5 heteroatoms. The summed E-state index contributed by atoms with van der Waals surface area (Å²) in [5.74, 6) is 0.197. The molecule has 0 saturated heterocycles. The third-order valence-corrected chi connectivity index (χ3v) is 6.02. The van der Waals surface area contributed by atoms with Crippen LogP contribution in [0.4, 0.5) is 5.69 Å². The van der Waals surface area contributed by atoms with E-state index in [9.17, 15) is 4.79 Å². The lowest BCUT2D eigenvalue weighted by atomic mass is 10.2. The van der Waals surface area contributed by atoms with Gasteiger partial charge in [-0.1, -0.05) is 48.5 Å². The Kier molecular flexibility index (Phi) is 4.02. The maximum Gasteiger partial charge on any atom is 0.227 e. The molecule has 1 aliphatic rings. The fraction of sp³-hybridized carbons (Fsp3) is 0.182. The Hall–Kier alpha value is -2.92. The van der Waals surface area contributed by atoms with Crippen molar-refractivity contribution in [3.63, 3.8) is 0 Å². The second kappa shape index (κ2) is 6.67. The van der Waals surface area contributed by atoms with Crippen molar-refractivity contribution in [3.05, 3.63) is 77.4 Å². The smallest absolute Gasteiger partial charge is 0.227 e. The summed E-state index contributed by atoms with van der Waals surface area (Å²) in [6.45, 7) is 0.792. The summed E-state index contributed by atoms with van der Waals surface area (Å²) in [6.07, 6.45) is 4.26. The summed E-state index contributed by atoms with van der Waals surface area (Å²) in [4.78, 5) is 20.4. The van der Waals surface area contributed by atoms with E-state index in [1.165, 1.54) is 5.56 Å². The second-order valence-electron chi connectivity index (χ2n) is 6.80. The molecule has 0 unspecified atom stereocenters. The van der Waals surface area contributed by atoms with Crippen LogP contribution in [0.25, 0.3) is 16.2 Å². The summed E-state index contributed by atoms with van der Waals surface area (Å²) in [5, 5.41) is 2.11. The molecule has 0 bridgehead atoms. The minimum absolute atomic E-state index is 0.197. The second-order valence-corrected chi connectivity index (χ2v) is 7.63. The number of para-hydroxylation sites is 1. The molecular weight excluding hydrogens is 354 g/mol. The summed E-state index contributed by atoms with van der Waals surface area (Å²) in [7, 11) is 0. The highest BCUT2D eigenvalue weighted by Crippen LogP contribution is 2.29. The maximum atomic E-state index is 12.8. The lowest BCUT2D eigenvalue weighted by molar-refractivity contribution is -0.118. The number of rotatable bonds is 4. The van der Waals surface area contributed by atoms with Gasteiger partial charge in [-0.15, -0.1) is 11.3 Å². The van der Waals surface area contributed by atoms with Crippen molar-refractivity contribution in [2.45, 2.75) is 19.3 Å². The van der Waals surface area contributed by atoms with Gasteiger partial charge in [0.25, 0.3) is 0 Å².